The van der Waals surface area contributed by atoms with E-state index in [0.29, 0.717) is 6.42 Å². The van der Waals surface area contributed by atoms with E-state index < -0.39 is 22.2 Å². The minimum Gasteiger partial charge on any atom is -0.438 e. The predicted molar refractivity (Wildman–Crippen MR) is 96.9 cm³/mol. The molecule has 0 fully saturated rings. The van der Waals surface area contributed by atoms with Crippen molar-refractivity contribution in [2.24, 2.45) is 5.92 Å². The Balaban J connectivity index is 2.91. The van der Waals surface area contributed by atoms with Crippen molar-refractivity contribution in [3.63, 3.8) is 0 Å². The number of rotatable bonds is 8. The van der Waals surface area contributed by atoms with Gasteiger partial charge in [-0.15, -0.1) is 0 Å². The normalized spacial score (nSPS) is 13.6. The topological polar surface area (TPSA) is 81.7 Å². The molecule has 1 aromatic carbocycles. The van der Waals surface area contributed by atoms with Gasteiger partial charge in [0.25, 0.3) is 0 Å². The number of carbonyl (C=O) groups is 1. The summed E-state index contributed by atoms with van der Waals surface area (Å²) in [5, 5.41) is 0. The molecule has 0 aliphatic rings. The minimum atomic E-state index is -3.63. The highest BCUT2D eigenvalue weighted by molar-refractivity contribution is 7.89. The lowest BCUT2D eigenvalue weighted by Gasteiger charge is -2.19. The Morgan fingerprint density at radius 1 is 1.24 bits per heavy atom. The Labute approximate surface area is 150 Å². The molecule has 0 saturated heterocycles. The summed E-state index contributed by atoms with van der Waals surface area (Å²) in [5.74, 6) is 0.288. The van der Waals surface area contributed by atoms with Gasteiger partial charge in [0.15, 0.2) is 0 Å². The van der Waals surface area contributed by atoms with Crippen molar-refractivity contribution in [2.75, 3.05) is 13.7 Å². The maximum absolute atomic E-state index is 12.6. The minimum absolute atomic E-state index is 0.0491. The first-order chi connectivity index (χ1) is 11.6. The smallest absolute Gasteiger partial charge is 0.438 e. The summed E-state index contributed by atoms with van der Waals surface area (Å²) in [7, 11) is -2.40. The van der Waals surface area contributed by atoms with E-state index in [-0.39, 0.29) is 17.4 Å². The SMILES string of the molecule is COC(=O)OC/C(C)=C/C(CC(C)C)NS(=O)(=O)c1ccc(C)cc1. The second kappa shape index (κ2) is 9.58. The molecular weight excluding hydrogens is 342 g/mol. The van der Waals surface area contributed by atoms with Crippen LogP contribution in [0.1, 0.15) is 32.8 Å². The average Bonchev–Trinajstić information content (AvgIpc) is 2.51. The highest BCUT2D eigenvalue weighted by atomic mass is 32.2. The molecule has 1 unspecified atom stereocenters. The molecule has 7 heteroatoms. The zero-order valence-corrected chi connectivity index (χ0v) is 16.2. The molecule has 1 atom stereocenters. The third-order valence-electron chi connectivity index (χ3n) is 3.43. The molecule has 0 spiro atoms. The van der Waals surface area contributed by atoms with Crippen LogP contribution in [0, 0.1) is 12.8 Å². The average molecular weight is 369 g/mol. The van der Waals surface area contributed by atoms with Gasteiger partial charge >= 0.3 is 6.16 Å². The number of nitrogens with one attached hydrogen (secondary N) is 1. The van der Waals surface area contributed by atoms with E-state index in [0.717, 1.165) is 11.1 Å². The molecule has 0 aromatic heterocycles. The first kappa shape index (κ1) is 21.2. The van der Waals surface area contributed by atoms with Crippen LogP contribution in [-0.4, -0.2) is 34.3 Å². The lowest BCUT2D eigenvalue weighted by Crippen LogP contribution is -2.34. The Kier molecular flexibility index (Phi) is 8.12. The van der Waals surface area contributed by atoms with Gasteiger partial charge in [0.05, 0.1) is 12.0 Å². The van der Waals surface area contributed by atoms with Crippen molar-refractivity contribution in [2.45, 2.75) is 45.1 Å². The fourth-order valence-corrected chi connectivity index (χ4v) is 3.46. The third-order valence-corrected chi connectivity index (χ3v) is 4.94. The maximum Gasteiger partial charge on any atom is 0.508 e. The first-order valence-corrected chi connectivity index (χ1v) is 9.59. The van der Waals surface area contributed by atoms with Crippen LogP contribution in [0.25, 0.3) is 0 Å². The molecule has 1 aromatic rings. The molecule has 6 nitrogen and oxygen atoms in total. The van der Waals surface area contributed by atoms with E-state index in [1.165, 1.54) is 7.11 Å². The van der Waals surface area contributed by atoms with Crippen molar-refractivity contribution in [1.82, 2.24) is 4.72 Å². The quantitative estimate of drug-likeness (QED) is 0.561. The lowest BCUT2D eigenvalue weighted by molar-refractivity contribution is 0.0797. The van der Waals surface area contributed by atoms with Gasteiger partial charge in [0.2, 0.25) is 10.0 Å². The summed E-state index contributed by atoms with van der Waals surface area (Å²) in [5.41, 5.74) is 1.73. The number of benzene rings is 1. The molecule has 0 heterocycles. The molecule has 0 aliphatic heterocycles. The molecule has 0 bridgehead atoms. The summed E-state index contributed by atoms with van der Waals surface area (Å²) in [6.07, 6.45) is 1.63. The summed E-state index contributed by atoms with van der Waals surface area (Å²) < 4.78 is 37.2. The zero-order valence-electron chi connectivity index (χ0n) is 15.4. The molecule has 0 aliphatic carbocycles. The van der Waals surface area contributed by atoms with Crippen LogP contribution < -0.4 is 4.72 Å². The van der Waals surface area contributed by atoms with Crippen LogP contribution in [0.2, 0.25) is 0 Å². The van der Waals surface area contributed by atoms with Crippen LogP contribution in [0.15, 0.2) is 40.8 Å². The standard InChI is InChI=1S/C18H27NO5S/c1-13(2)10-16(11-15(4)12-24-18(20)23-5)19-25(21,22)17-8-6-14(3)7-9-17/h6-9,11,13,16,19H,10,12H2,1-5H3/b15-11+. The second-order valence-electron chi connectivity index (χ2n) is 6.43. The number of sulfonamides is 1. The van der Waals surface area contributed by atoms with Gasteiger partial charge < -0.3 is 9.47 Å². The number of carbonyl (C=O) groups excluding carboxylic acids is 1. The summed E-state index contributed by atoms with van der Waals surface area (Å²) in [6, 6.07) is 6.30. The molecule has 1 N–H and O–H groups in total. The summed E-state index contributed by atoms with van der Waals surface area (Å²) in [4.78, 5) is 11.3. The van der Waals surface area contributed by atoms with Crippen LogP contribution in [-0.2, 0) is 19.5 Å². The van der Waals surface area contributed by atoms with Crippen molar-refractivity contribution >= 4 is 16.2 Å². The first-order valence-electron chi connectivity index (χ1n) is 8.11. The fourth-order valence-electron chi connectivity index (χ4n) is 2.27. The largest absolute Gasteiger partial charge is 0.508 e. The van der Waals surface area contributed by atoms with E-state index >= 15 is 0 Å². The van der Waals surface area contributed by atoms with Crippen LogP contribution >= 0.6 is 0 Å². The van der Waals surface area contributed by atoms with Crippen molar-refractivity contribution in [3.05, 3.63) is 41.5 Å². The van der Waals surface area contributed by atoms with E-state index in [2.05, 4.69) is 9.46 Å². The number of ether oxygens (including phenoxy) is 2. The Morgan fingerprint density at radius 2 is 1.84 bits per heavy atom. The molecule has 0 radical (unpaired) electrons. The lowest BCUT2D eigenvalue weighted by atomic mass is 10.0. The van der Waals surface area contributed by atoms with Crippen molar-refractivity contribution in [1.29, 1.82) is 0 Å². The van der Waals surface area contributed by atoms with E-state index in [4.69, 9.17) is 4.74 Å². The molecule has 0 saturated carbocycles. The highest BCUT2D eigenvalue weighted by Gasteiger charge is 2.20. The van der Waals surface area contributed by atoms with Gasteiger partial charge in [-0.2, -0.15) is 0 Å². The third kappa shape index (κ3) is 7.70. The predicted octanol–water partition coefficient (Wildman–Crippen LogP) is 3.42. The Hall–Kier alpha value is -1.86. The molecular formula is C18H27NO5S. The van der Waals surface area contributed by atoms with E-state index in [1.807, 2.05) is 20.8 Å². The second-order valence-corrected chi connectivity index (χ2v) is 8.14. The van der Waals surface area contributed by atoms with Crippen molar-refractivity contribution < 1.29 is 22.7 Å². The van der Waals surface area contributed by atoms with Crippen LogP contribution in [0.5, 0.6) is 0 Å². The van der Waals surface area contributed by atoms with Gasteiger partial charge in [0.1, 0.15) is 6.61 Å². The number of aryl methyl sites for hydroxylation is 1. The van der Waals surface area contributed by atoms with Gasteiger partial charge in [-0.1, -0.05) is 37.6 Å². The molecule has 140 valence electrons. The maximum atomic E-state index is 12.6. The number of hydrogen-bond acceptors (Lipinski definition) is 5. The number of hydrogen-bond donors (Lipinski definition) is 1. The summed E-state index contributed by atoms with van der Waals surface area (Å²) in [6.45, 7) is 7.76. The Morgan fingerprint density at radius 3 is 2.36 bits per heavy atom. The zero-order chi connectivity index (χ0) is 19.0. The van der Waals surface area contributed by atoms with Gasteiger partial charge in [-0.3, -0.25) is 0 Å². The highest BCUT2D eigenvalue weighted by Crippen LogP contribution is 2.15. The molecule has 0 amide bonds. The van der Waals surface area contributed by atoms with Gasteiger partial charge in [-0.25, -0.2) is 17.9 Å². The van der Waals surface area contributed by atoms with Gasteiger partial charge in [-0.05, 0) is 43.9 Å². The van der Waals surface area contributed by atoms with Crippen molar-refractivity contribution in [3.8, 4) is 0 Å². The van der Waals surface area contributed by atoms with Crippen LogP contribution in [0.4, 0.5) is 4.79 Å². The molecule has 25 heavy (non-hydrogen) atoms. The van der Waals surface area contributed by atoms with Crippen LogP contribution in [0.3, 0.4) is 0 Å². The fraction of sp³-hybridized carbons (Fsp3) is 0.500. The molecule has 1 rings (SSSR count). The Bertz CT molecular complexity index is 693. The number of methoxy groups -OCH3 is 1. The summed E-state index contributed by atoms with van der Waals surface area (Å²) >= 11 is 0. The van der Waals surface area contributed by atoms with E-state index in [9.17, 15) is 13.2 Å². The van der Waals surface area contributed by atoms with E-state index in [1.54, 1.807) is 37.3 Å². The van der Waals surface area contributed by atoms with Gasteiger partial charge in [0, 0.05) is 6.04 Å². The monoisotopic (exact) mass is 369 g/mol.